The predicted octanol–water partition coefficient (Wildman–Crippen LogP) is 1.15. The number of rotatable bonds is 2. The topological polar surface area (TPSA) is 75.1 Å². The number of carbonyl (C=O) groups excluding carboxylic acids is 1. The molecule has 0 N–H and O–H groups in total. The summed E-state index contributed by atoms with van der Waals surface area (Å²) in [5.41, 5.74) is 2.11. The van der Waals surface area contributed by atoms with E-state index in [0.29, 0.717) is 30.4 Å². The van der Waals surface area contributed by atoms with Gasteiger partial charge < -0.3 is 9.80 Å². The van der Waals surface area contributed by atoms with E-state index in [-0.39, 0.29) is 5.91 Å². The Hall–Kier alpha value is -2.57. The Morgan fingerprint density at radius 2 is 1.52 bits per heavy atom. The fraction of sp³-hybridized carbons (Fsp3) is 0.438. The number of amides is 1. The second-order valence-corrected chi connectivity index (χ2v) is 5.64. The Kier molecular flexibility index (Phi) is 4.18. The first-order valence-corrected chi connectivity index (χ1v) is 7.69. The highest BCUT2D eigenvalue weighted by molar-refractivity contribution is 5.96. The predicted molar refractivity (Wildman–Crippen MR) is 86.4 cm³/mol. The van der Waals surface area contributed by atoms with Crippen molar-refractivity contribution in [2.45, 2.75) is 20.8 Å². The van der Waals surface area contributed by atoms with E-state index in [1.54, 1.807) is 18.5 Å². The molecule has 7 nitrogen and oxygen atoms in total. The van der Waals surface area contributed by atoms with Crippen LogP contribution in [0.1, 0.15) is 27.6 Å². The summed E-state index contributed by atoms with van der Waals surface area (Å²) in [6.45, 7) is 8.30. The molecule has 23 heavy (non-hydrogen) atoms. The SMILES string of the molecule is Cc1nc(C)c(C(=O)N2CCN(c3ncccn3)CC2)c(C)n1. The minimum atomic E-state index is 0.00799. The summed E-state index contributed by atoms with van der Waals surface area (Å²) in [7, 11) is 0. The standard InChI is InChI=1S/C16H20N6O/c1-11-14(12(2)20-13(3)19-11)15(23)21-7-9-22(10-8-21)16-17-5-4-6-18-16/h4-6H,7-10H2,1-3H3. The highest BCUT2D eigenvalue weighted by Crippen LogP contribution is 2.16. The monoisotopic (exact) mass is 312 g/mol. The lowest BCUT2D eigenvalue weighted by Crippen LogP contribution is -2.49. The number of carbonyl (C=O) groups is 1. The summed E-state index contributed by atoms with van der Waals surface area (Å²) in [5.74, 6) is 1.42. The van der Waals surface area contributed by atoms with Crippen LogP contribution in [-0.4, -0.2) is 56.9 Å². The molecular formula is C16H20N6O. The molecule has 120 valence electrons. The van der Waals surface area contributed by atoms with E-state index in [9.17, 15) is 4.79 Å². The lowest BCUT2D eigenvalue weighted by molar-refractivity contribution is 0.0743. The molecule has 1 amide bonds. The van der Waals surface area contributed by atoms with Gasteiger partial charge in [-0.25, -0.2) is 19.9 Å². The van der Waals surface area contributed by atoms with Crippen molar-refractivity contribution in [3.05, 3.63) is 41.2 Å². The van der Waals surface area contributed by atoms with E-state index in [2.05, 4.69) is 24.8 Å². The second-order valence-electron chi connectivity index (χ2n) is 5.64. The molecule has 1 saturated heterocycles. The molecule has 1 aliphatic heterocycles. The smallest absolute Gasteiger partial charge is 0.257 e. The van der Waals surface area contributed by atoms with Gasteiger partial charge in [0.1, 0.15) is 5.82 Å². The summed E-state index contributed by atoms with van der Waals surface area (Å²) < 4.78 is 0. The van der Waals surface area contributed by atoms with Gasteiger partial charge in [-0.3, -0.25) is 4.79 Å². The molecule has 2 aromatic heterocycles. The lowest BCUT2D eigenvalue weighted by atomic mass is 10.1. The molecule has 0 bridgehead atoms. The van der Waals surface area contributed by atoms with Gasteiger partial charge in [0.05, 0.1) is 17.0 Å². The van der Waals surface area contributed by atoms with Gasteiger partial charge in [-0.1, -0.05) is 0 Å². The number of nitrogens with zero attached hydrogens (tertiary/aromatic N) is 6. The second kappa shape index (κ2) is 6.28. The first-order valence-electron chi connectivity index (χ1n) is 7.69. The summed E-state index contributed by atoms with van der Waals surface area (Å²) >= 11 is 0. The summed E-state index contributed by atoms with van der Waals surface area (Å²) in [6, 6.07) is 1.80. The Balaban J connectivity index is 1.72. The van der Waals surface area contributed by atoms with E-state index in [1.165, 1.54) is 0 Å². The van der Waals surface area contributed by atoms with Crippen LogP contribution in [0.15, 0.2) is 18.5 Å². The minimum Gasteiger partial charge on any atom is -0.337 e. The molecule has 3 rings (SSSR count). The molecule has 7 heteroatoms. The Morgan fingerprint density at radius 1 is 0.957 bits per heavy atom. The first-order chi connectivity index (χ1) is 11.1. The molecule has 0 aromatic carbocycles. The van der Waals surface area contributed by atoms with Gasteiger partial charge in [-0.2, -0.15) is 0 Å². The van der Waals surface area contributed by atoms with Gasteiger partial charge in [-0.05, 0) is 26.8 Å². The molecule has 1 fully saturated rings. The van der Waals surface area contributed by atoms with Crippen LogP contribution in [-0.2, 0) is 0 Å². The molecule has 3 heterocycles. The van der Waals surface area contributed by atoms with E-state index in [1.807, 2.05) is 25.7 Å². The van der Waals surface area contributed by atoms with Crippen LogP contribution < -0.4 is 4.90 Å². The van der Waals surface area contributed by atoms with E-state index in [4.69, 9.17) is 0 Å². The van der Waals surface area contributed by atoms with Crippen LogP contribution in [0.2, 0.25) is 0 Å². The lowest BCUT2D eigenvalue weighted by Gasteiger charge is -2.35. The number of piperazine rings is 1. The maximum atomic E-state index is 12.8. The highest BCUT2D eigenvalue weighted by Gasteiger charge is 2.26. The number of aromatic nitrogens is 4. The number of hydrogen-bond acceptors (Lipinski definition) is 6. The number of anilines is 1. The van der Waals surface area contributed by atoms with E-state index < -0.39 is 0 Å². The Morgan fingerprint density at radius 3 is 2.09 bits per heavy atom. The first kappa shape index (κ1) is 15.3. The number of hydrogen-bond donors (Lipinski definition) is 0. The quantitative estimate of drug-likeness (QED) is 0.828. The normalized spacial score (nSPS) is 14.9. The summed E-state index contributed by atoms with van der Waals surface area (Å²) in [5, 5.41) is 0. The molecule has 0 saturated carbocycles. The van der Waals surface area contributed by atoms with Crippen molar-refractivity contribution in [3.63, 3.8) is 0 Å². The zero-order chi connectivity index (χ0) is 16.4. The van der Waals surface area contributed by atoms with Crippen LogP contribution >= 0.6 is 0 Å². The molecule has 0 aliphatic carbocycles. The average molecular weight is 312 g/mol. The van der Waals surface area contributed by atoms with Crippen LogP contribution in [0.4, 0.5) is 5.95 Å². The fourth-order valence-corrected chi connectivity index (χ4v) is 2.92. The van der Waals surface area contributed by atoms with Gasteiger partial charge in [0.25, 0.3) is 5.91 Å². The average Bonchev–Trinajstić information content (AvgIpc) is 2.55. The van der Waals surface area contributed by atoms with Crippen molar-refractivity contribution >= 4 is 11.9 Å². The Labute approximate surface area is 135 Å². The number of aryl methyl sites for hydroxylation is 3. The molecule has 0 radical (unpaired) electrons. The third-order valence-corrected chi connectivity index (χ3v) is 4.00. The van der Waals surface area contributed by atoms with Crippen molar-refractivity contribution in [1.29, 1.82) is 0 Å². The molecule has 0 atom stereocenters. The van der Waals surface area contributed by atoms with Gasteiger partial charge in [0.2, 0.25) is 5.95 Å². The van der Waals surface area contributed by atoms with Crippen molar-refractivity contribution in [1.82, 2.24) is 24.8 Å². The van der Waals surface area contributed by atoms with Gasteiger partial charge in [0.15, 0.2) is 0 Å². The minimum absolute atomic E-state index is 0.00799. The summed E-state index contributed by atoms with van der Waals surface area (Å²) in [4.78, 5) is 33.9. The van der Waals surface area contributed by atoms with Crippen LogP contribution in [0, 0.1) is 20.8 Å². The van der Waals surface area contributed by atoms with Crippen LogP contribution in [0.5, 0.6) is 0 Å². The molecular weight excluding hydrogens is 292 g/mol. The Bertz CT molecular complexity index is 687. The summed E-state index contributed by atoms with van der Waals surface area (Å²) in [6.07, 6.45) is 3.46. The highest BCUT2D eigenvalue weighted by atomic mass is 16.2. The maximum absolute atomic E-state index is 12.8. The maximum Gasteiger partial charge on any atom is 0.257 e. The van der Waals surface area contributed by atoms with Gasteiger partial charge in [-0.15, -0.1) is 0 Å². The fourth-order valence-electron chi connectivity index (χ4n) is 2.92. The van der Waals surface area contributed by atoms with E-state index >= 15 is 0 Å². The third kappa shape index (κ3) is 3.13. The van der Waals surface area contributed by atoms with Crippen molar-refractivity contribution < 1.29 is 4.79 Å². The molecule has 0 unspecified atom stereocenters. The molecule has 1 aliphatic rings. The van der Waals surface area contributed by atoms with Crippen molar-refractivity contribution in [3.8, 4) is 0 Å². The van der Waals surface area contributed by atoms with Gasteiger partial charge >= 0.3 is 0 Å². The molecule has 2 aromatic rings. The van der Waals surface area contributed by atoms with Crippen molar-refractivity contribution in [2.75, 3.05) is 31.1 Å². The van der Waals surface area contributed by atoms with Crippen molar-refractivity contribution in [2.24, 2.45) is 0 Å². The van der Waals surface area contributed by atoms with Crippen LogP contribution in [0.3, 0.4) is 0 Å². The largest absolute Gasteiger partial charge is 0.337 e. The zero-order valence-corrected chi connectivity index (χ0v) is 13.7. The van der Waals surface area contributed by atoms with E-state index in [0.717, 1.165) is 24.5 Å². The molecule has 0 spiro atoms. The van der Waals surface area contributed by atoms with Gasteiger partial charge in [0, 0.05) is 38.6 Å². The third-order valence-electron chi connectivity index (χ3n) is 4.00. The van der Waals surface area contributed by atoms with Crippen LogP contribution in [0.25, 0.3) is 0 Å². The zero-order valence-electron chi connectivity index (χ0n) is 13.7.